The van der Waals surface area contributed by atoms with E-state index in [-0.39, 0.29) is 11.9 Å². The molecule has 0 saturated heterocycles. The first-order chi connectivity index (χ1) is 8.16. The molecule has 2 rings (SSSR count). The summed E-state index contributed by atoms with van der Waals surface area (Å²) in [6, 6.07) is 11.7. The summed E-state index contributed by atoms with van der Waals surface area (Å²) < 4.78 is 1.07. The molecule has 1 heterocycles. The maximum atomic E-state index is 12.0. The predicted octanol–water partition coefficient (Wildman–Crippen LogP) is 3.84. The average Bonchev–Trinajstić information content (AvgIpc) is 2.82. The summed E-state index contributed by atoms with van der Waals surface area (Å²) in [5.41, 5.74) is 0.709. The first-order valence-corrected chi connectivity index (χ1v) is 7.22. The molecule has 0 radical (unpaired) electrons. The second kappa shape index (κ2) is 5.64. The molecule has 88 valence electrons. The Labute approximate surface area is 118 Å². The van der Waals surface area contributed by atoms with Gasteiger partial charge in [0.05, 0.1) is 6.04 Å². The summed E-state index contributed by atoms with van der Waals surface area (Å²) in [4.78, 5) is 13.2. The number of amides is 1. The Morgan fingerprint density at radius 3 is 2.82 bits per heavy atom. The second-order valence-electron chi connectivity index (χ2n) is 3.72. The minimum atomic E-state index is -0.0237. The summed E-state index contributed by atoms with van der Waals surface area (Å²) in [5, 5.41) is 5.01. The Kier molecular flexibility index (Phi) is 4.17. The maximum absolute atomic E-state index is 12.0. The molecule has 0 saturated carbocycles. The minimum absolute atomic E-state index is 0.0237. The number of benzene rings is 1. The summed E-state index contributed by atoms with van der Waals surface area (Å²) in [6.45, 7) is 2.00. The van der Waals surface area contributed by atoms with Crippen LogP contribution in [-0.4, -0.2) is 5.91 Å². The van der Waals surface area contributed by atoms with Crippen LogP contribution in [0.15, 0.2) is 41.8 Å². The van der Waals surface area contributed by atoms with Crippen molar-refractivity contribution in [2.24, 2.45) is 0 Å². The third-order valence-corrected chi connectivity index (χ3v) is 4.13. The summed E-state index contributed by atoms with van der Waals surface area (Å²) >= 11 is 3.86. The van der Waals surface area contributed by atoms with E-state index in [1.54, 1.807) is 11.3 Å². The highest BCUT2D eigenvalue weighted by molar-refractivity contribution is 14.1. The predicted molar refractivity (Wildman–Crippen MR) is 79.4 cm³/mol. The van der Waals surface area contributed by atoms with Crippen molar-refractivity contribution in [2.45, 2.75) is 13.0 Å². The van der Waals surface area contributed by atoms with E-state index >= 15 is 0 Å². The molecular formula is C13H12INOS. The molecule has 2 nitrogen and oxygen atoms in total. The van der Waals surface area contributed by atoms with Gasteiger partial charge in [-0.15, -0.1) is 11.3 Å². The van der Waals surface area contributed by atoms with Gasteiger partial charge in [0.15, 0.2) is 0 Å². The molecule has 2 aromatic rings. The fraction of sp³-hybridized carbons (Fsp3) is 0.154. The van der Waals surface area contributed by atoms with Gasteiger partial charge in [-0.05, 0) is 59.2 Å². The quantitative estimate of drug-likeness (QED) is 0.831. The van der Waals surface area contributed by atoms with Crippen LogP contribution in [-0.2, 0) is 0 Å². The molecule has 0 fully saturated rings. The van der Waals surface area contributed by atoms with Crippen LogP contribution in [0.25, 0.3) is 0 Å². The van der Waals surface area contributed by atoms with Crippen molar-refractivity contribution in [1.29, 1.82) is 0 Å². The van der Waals surface area contributed by atoms with E-state index in [0.29, 0.717) is 5.56 Å². The maximum Gasteiger partial charge on any atom is 0.251 e. The molecule has 1 amide bonds. The Morgan fingerprint density at radius 1 is 1.35 bits per heavy atom. The SMILES string of the molecule is C[C@@H](NC(=O)c1cccc(I)c1)c1cccs1. The lowest BCUT2D eigenvalue weighted by atomic mass is 10.2. The topological polar surface area (TPSA) is 29.1 Å². The third kappa shape index (κ3) is 3.29. The average molecular weight is 357 g/mol. The number of halogens is 1. The van der Waals surface area contributed by atoms with Crippen molar-refractivity contribution < 1.29 is 4.79 Å². The van der Waals surface area contributed by atoms with Gasteiger partial charge in [0.2, 0.25) is 0 Å². The van der Waals surface area contributed by atoms with E-state index in [0.717, 1.165) is 3.57 Å². The highest BCUT2D eigenvalue weighted by Crippen LogP contribution is 2.18. The van der Waals surface area contributed by atoms with Gasteiger partial charge in [-0.2, -0.15) is 0 Å². The summed E-state index contributed by atoms with van der Waals surface area (Å²) in [7, 11) is 0. The fourth-order valence-corrected chi connectivity index (χ4v) is 2.80. The van der Waals surface area contributed by atoms with Crippen LogP contribution in [0.5, 0.6) is 0 Å². The number of nitrogens with one attached hydrogen (secondary N) is 1. The Hall–Kier alpha value is -0.880. The normalized spacial score (nSPS) is 12.1. The molecule has 0 aliphatic carbocycles. The third-order valence-electron chi connectivity index (χ3n) is 2.40. The van der Waals surface area contributed by atoms with Gasteiger partial charge < -0.3 is 5.32 Å². The van der Waals surface area contributed by atoms with Gasteiger partial charge in [-0.25, -0.2) is 0 Å². The molecule has 1 aromatic heterocycles. The smallest absolute Gasteiger partial charge is 0.251 e. The second-order valence-corrected chi connectivity index (χ2v) is 5.95. The zero-order valence-corrected chi connectivity index (χ0v) is 12.3. The lowest BCUT2D eigenvalue weighted by molar-refractivity contribution is 0.0940. The number of hydrogen-bond donors (Lipinski definition) is 1. The molecule has 0 aliphatic rings. The van der Waals surface area contributed by atoms with Crippen molar-refractivity contribution in [3.05, 3.63) is 55.8 Å². The van der Waals surface area contributed by atoms with Crippen LogP contribution in [0, 0.1) is 3.57 Å². The van der Waals surface area contributed by atoms with Crippen molar-refractivity contribution in [3.8, 4) is 0 Å². The van der Waals surface area contributed by atoms with Crippen molar-refractivity contribution in [3.63, 3.8) is 0 Å². The molecule has 1 N–H and O–H groups in total. The monoisotopic (exact) mass is 357 g/mol. The largest absolute Gasteiger partial charge is 0.345 e. The molecule has 0 unspecified atom stereocenters. The lowest BCUT2D eigenvalue weighted by Gasteiger charge is -2.12. The first kappa shape index (κ1) is 12.6. The van der Waals surface area contributed by atoms with Crippen molar-refractivity contribution >= 4 is 39.8 Å². The van der Waals surface area contributed by atoms with Gasteiger partial charge in [0, 0.05) is 14.0 Å². The minimum Gasteiger partial charge on any atom is -0.345 e. The number of carbonyl (C=O) groups is 1. The summed E-state index contributed by atoms with van der Waals surface area (Å²) in [6.07, 6.45) is 0. The van der Waals surface area contributed by atoms with E-state index < -0.39 is 0 Å². The van der Waals surface area contributed by atoms with Crippen LogP contribution < -0.4 is 5.32 Å². The first-order valence-electron chi connectivity index (χ1n) is 5.26. The molecule has 17 heavy (non-hydrogen) atoms. The fourth-order valence-electron chi connectivity index (χ4n) is 1.52. The van der Waals surface area contributed by atoms with Crippen LogP contribution >= 0.6 is 33.9 Å². The van der Waals surface area contributed by atoms with E-state index in [4.69, 9.17) is 0 Å². The number of hydrogen-bond acceptors (Lipinski definition) is 2. The molecular weight excluding hydrogens is 345 g/mol. The zero-order chi connectivity index (χ0) is 12.3. The van der Waals surface area contributed by atoms with Gasteiger partial charge in [-0.1, -0.05) is 12.1 Å². The zero-order valence-electron chi connectivity index (χ0n) is 9.31. The molecule has 4 heteroatoms. The molecule has 0 spiro atoms. The van der Waals surface area contributed by atoms with Crippen LogP contribution in [0.3, 0.4) is 0 Å². The lowest BCUT2D eigenvalue weighted by Crippen LogP contribution is -2.26. The molecule has 1 atom stereocenters. The molecule has 1 aromatic carbocycles. The highest BCUT2D eigenvalue weighted by atomic mass is 127. The number of carbonyl (C=O) groups excluding carboxylic acids is 1. The van der Waals surface area contributed by atoms with E-state index in [1.807, 2.05) is 48.7 Å². The molecule has 0 bridgehead atoms. The Balaban J connectivity index is 2.07. The van der Waals surface area contributed by atoms with Gasteiger partial charge in [-0.3, -0.25) is 4.79 Å². The van der Waals surface area contributed by atoms with E-state index in [2.05, 4.69) is 27.9 Å². The van der Waals surface area contributed by atoms with Gasteiger partial charge >= 0.3 is 0 Å². The van der Waals surface area contributed by atoms with Gasteiger partial charge in [0.1, 0.15) is 0 Å². The van der Waals surface area contributed by atoms with Crippen LogP contribution in [0.2, 0.25) is 0 Å². The van der Waals surface area contributed by atoms with Gasteiger partial charge in [0.25, 0.3) is 5.91 Å². The molecule has 0 aliphatic heterocycles. The van der Waals surface area contributed by atoms with E-state index in [9.17, 15) is 4.79 Å². The van der Waals surface area contributed by atoms with Crippen LogP contribution in [0.4, 0.5) is 0 Å². The standard InChI is InChI=1S/C13H12INOS/c1-9(12-6-3-7-17-12)15-13(16)10-4-2-5-11(14)8-10/h2-9H,1H3,(H,15,16)/t9-/m1/s1. The number of rotatable bonds is 3. The van der Waals surface area contributed by atoms with E-state index in [1.165, 1.54) is 4.88 Å². The van der Waals surface area contributed by atoms with Crippen LogP contribution in [0.1, 0.15) is 28.2 Å². The Bertz CT molecular complexity index is 510. The van der Waals surface area contributed by atoms with Crippen molar-refractivity contribution in [1.82, 2.24) is 5.32 Å². The Morgan fingerprint density at radius 2 is 2.18 bits per heavy atom. The summed E-state index contributed by atoms with van der Waals surface area (Å²) in [5.74, 6) is -0.0237. The van der Waals surface area contributed by atoms with Crippen molar-refractivity contribution in [2.75, 3.05) is 0 Å². The highest BCUT2D eigenvalue weighted by Gasteiger charge is 2.11. The number of thiophene rings is 1.